The summed E-state index contributed by atoms with van der Waals surface area (Å²) in [6.07, 6.45) is 4.86. The van der Waals surface area contributed by atoms with E-state index in [1.54, 1.807) is 0 Å². The van der Waals surface area contributed by atoms with Gasteiger partial charge in [0.25, 0.3) is 0 Å². The standard InChI is InChI=1S/C14H17NO3/c1-11(16)15-7-3-2-4-12-5-6-13-14(10-12)18-9-8-17-13/h2,4-6,10H,3,7-9H2,1H3,(H,15,16)/b4-2+. The van der Waals surface area contributed by atoms with Crippen LogP contribution in [0, 0.1) is 0 Å². The Kier molecular flexibility index (Phi) is 4.23. The number of carbonyl (C=O) groups is 1. The number of benzene rings is 1. The highest BCUT2D eigenvalue weighted by Crippen LogP contribution is 2.31. The molecule has 2 rings (SSSR count). The molecule has 0 radical (unpaired) electrons. The number of hydrogen-bond acceptors (Lipinski definition) is 3. The first-order chi connectivity index (χ1) is 8.75. The molecule has 1 aromatic carbocycles. The number of rotatable bonds is 4. The second kappa shape index (κ2) is 6.10. The van der Waals surface area contributed by atoms with Crippen molar-refractivity contribution in [1.82, 2.24) is 5.32 Å². The fourth-order valence-electron chi connectivity index (χ4n) is 1.71. The van der Waals surface area contributed by atoms with E-state index < -0.39 is 0 Å². The lowest BCUT2D eigenvalue weighted by molar-refractivity contribution is -0.118. The molecule has 96 valence electrons. The minimum absolute atomic E-state index is 0.00253. The number of hydrogen-bond donors (Lipinski definition) is 1. The maximum atomic E-state index is 10.7. The van der Waals surface area contributed by atoms with Crippen LogP contribution < -0.4 is 14.8 Å². The highest BCUT2D eigenvalue weighted by molar-refractivity contribution is 5.72. The van der Waals surface area contributed by atoms with Gasteiger partial charge in [0.1, 0.15) is 13.2 Å². The van der Waals surface area contributed by atoms with Crippen LogP contribution in [0.2, 0.25) is 0 Å². The quantitative estimate of drug-likeness (QED) is 0.828. The molecule has 0 aromatic heterocycles. The molecule has 0 fully saturated rings. The van der Waals surface area contributed by atoms with Gasteiger partial charge in [-0.2, -0.15) is 0 Å². The van der Waals surface area contributed by atoms with E-state index in [0.29, 0.717) is 19.8 Å². The van der Waals surface area contributed by atoms with Gasteiger partial charge < -0.3 is 14.8 Å². The average Bonchev–Trinajstić information content (AvgIpc) is 2.38. The summed E-state index contributed by atoms with van der Waals surface area (Å²) >= 11 is 0. The predicted molar refractivity (Wildman–Crippen MR) is 69.8 cm³/mol. The van der Waals surface area contributed by atoms with Gasteiger partial charge in [-0.15, -0.1) is 0 Å². The molecular weight excluding hydrogens is 230 g/mol. The van der Waals surface area contributed by atoms with Crippen LogP contribution in [0.4, 0.5) is 0 Å². The average molecular weight is 247 g/mol. The van der Waals surface area contributed by atoms with Crippen LogP contribution in [0.5, 0.6) is 11.5 Å². The zero-order valence-corrected chi connectivity index (χ0v) is 10.4. The highest BCUT2D eigenvalue weighted by atomic mass is 16.6. The van der Waals surface area contributed by atoms with Crippen molar-refractivity contribution in [1.29, 1.82) is 0 Å². The Morgan fingerprint density at radius 3 is 2.89 bits per heavy atom. The van der Waals surface area contributed by atoms with E-state index in [2.05, 4.69) is 5.32 Å². The molecule has 0 saturated heterocycles. The molecule has 1 amide bonds. The molecule has 1 N–H and O–H groups in total. The van der Waals surface area contributed by atoms with Crippen LogP contribution in [0.1, 0.15) is 18.9 Å². The third-order valence-corrected chi connectivity index (χ3v) is 2.56. The van der Waals surface area contributed by atoms with Crippen molar-refractivity contribution < 1.29 is 14.3 Å². The summed E-state index contributed by atoms with van der Waals surface area (Å²) in [7, 11) is 0. The molecule has 1 heterocycles. The Bertz CT molecular complexity index is 454. The van der Waals surface area contributed by atoms with Crippen molar-refractivity contribution >= 4 is 12.0 Å². The van der Waals surface area contributed by atoms with Crippen molar-refractivity contribution in [3.8, 4) is 11.5 Å². The molecule has 4 nitrogen and oxygen atoms in total. The fourth-order valence-corrected chi connectivity index (χ4v) is 1.71. The Morgan fingerprint density at radius 2 is 2.11 bits per heavy atom. The molecule has 0 aliphatic carbocycles. The van der Waals surface area contributed by atoms with Crippen molar-refractivity contribution in [2.24, 2.45) is 0 Å². The van der Waals surface area contributed by atoms with Gasteiger partial charge in [0, 0.05) is 13.5 Å². The van der Waals surface area contributed by atoms with E-state index in [1.807, 2.05) is 30.4 Å². The third-order valence-electron chi connectivity index (χ3n) is 2.56. The molecule has 1 aromatic rings. The van der Waals surface area contributed by atoms with E-state index in [-0.39, 0.29) is 5.91 Å². The van der Waals surface area contributed by atoms with E-state index in [0.717, 1.165) is 23.5 Å². The molecule has 18 heavy (non-hydrogen) atoms. The zero-order valence-electron chi connectivity index (χ0n) is 10.4. The first kappa shape index (κ1) is 12.5. The first-order valence-electron chi connectivity index (χ1n) is 6.06. The molecule has 0 spiro atoms. The van der Waals surface area contributed by atoms with Crippen molar-refractivity contribution in [2.75, 3.05) is 19.8 Å². The van der Waals surface area contributed by atoms with Crippen molar-refractivity contribution in [3.05, 3.63) is 29.8 Å². The maximum absolute atomic E-state index is 10.7. The summed E-state index contributed by atoms with van der Waals surface area (Å²) in [5, 5.41) is 2.75. The normalized spacial score (nSPS) is 13.6. The maximum Gasteiger partial charge on any atom is 0.216 e. The Balaban J connectivity index is 1.89. The number of amides is 1. The molecule has 0 unspecified atom stereocenters. The second-order valence-corrected chi connectivity index (χ2v) is 4.08. The summed E-state index contributed by atoms with van der Waals surface area (Å²) in [5.41, 5.74) is 1.07. The molecule has 0 atom stereocenters. The fraction of sp³-hybridized carbons (Fsp3) is 0.357. The summed E-state index contributed by atoms with van der Waals surface area (Å²) in [4.78, 5) is 10.7. The molecule has 4 heteroatoms. The monoisotopic (exact) mass is 247 g/mol. The summed E-state index contributed by atoms with van der Waals surface area (Å²) in [6, 6.07) is 5.87. The lowest BCUT2D eigenvalue weighted by Gasteiger charge is -2.18. The topological polar surface area (TPSA) is 47.6 Å². The van der Waals surface area contributed by atoms with Gasteiger partial charge in [0.05, 0.1) is 0 Å². The van der Waals surface area contributed by atoms with Crippen molar-refractivity contribution in [2.45, 2.75) is 13.3 Å². The van der Waals surface area contributed by atoms with Gasteiger partial charge in [-0.05, 0) is 24.1 Å². The van der Waals surface area contributed by atoms with E-state index in [1.165, 1.54) is 6.92 Å². The number of fused-ring (bicyclic) bond motifs is 1. The minimum Gasteiger partial charge on any atom is -0.486 e. The lowest BCUT2D eigenvalue weighted by Crippen LogP contribution is -2.20. The molecule has 1 aliphatic rings. The summed E-state index contributed by atoms with van der Waals surface area (Å²) in [6.45, 7) is 3.39. The minimum atomic E-state index is 0.00253. The molecule has 1 aliphatic heterocycles. The van der Waals surface area contributed by atoms with Gasteiger partial charge >= 0.3 is 0 Å². The van der Waals surface area contributed by atoms with Gasteiger partial charge in [-0.1, -0.05) is 18.2 Å². The molecule has 0 saturated carbocycles. The van der Waals surface area contributed by atoms with Gasteiger partial charge in [-0.25, -0.2) is 0 Å². The van der Waals surface area contributed by atoms with Crippen LogP contribution in [-0.2, 0) is 4.79 Å². The smallest absolute Gasteiger partial charge is 0.216 e. The summed E-state index contributed by atoms with van der Waals surface area (Å²) < 4.78 is 11.0. The van der Waals surface area contributed by atoms with Crippen LogP contribution in [0.15, 0.2) is 24.3 Å². The predicted octanol–water partition coefficient (Wildman–Crippen LogP) is 2.00. The van der Waals surface area contributed by atoms with E-state index in [4.69, 9.17) is 9.47 Å². The number of ether oxygens (including phenoxy) is 2. The summed E-state index contributed by atoms with van der Waals surface area (Å²) in [5.74, 6) is 1.60. The highest BCUT2D eigenvalue weighted by Gasteiger charge is 2.10. The van der Waals surface area contributed by atoms with E-state index in [9.17, 15) is 4.79 Å². The number of nitrogens with one attached hydrogen (secondary N) is 1. The Hall–Kier alpha value is -1.97. The van der Waals surface area contributed by atoms with Gasteiger partial charge in [-0.3, -0.25) is 4.79 Å². The zero-order chi connectivity index (χ0) is 12.8. The van der Waals surface area contributed by atoms with E-state index >= 15 is 0 Å². The second-order valence-electron chi connectivity index (χ2n) is 4.08. The largest absolute Gasteiger partial charge is 0.486 e. The Labute approximate surface area is 107 Å². The Morgan fingerprint density at radius 1 is 1.33 bits per heavy atom. The third kappa shape index (κ3) is 3.52. The van der Waals surface area contributed by atoms with Crippen LogP contribution in [0.3, 0.4) is 0 Å². The van der Waals surface area contributed by atoms with Crippen molar-refractivity contribution in [3.63, 3.8) is 0 Å². The van der Waals surface area contributed by atoms with Gasteiger partial charge in [0.2, 0.25) is 5.91 Å². The SMILES string of the molecule is CC(=O)NCC/C=C/c1ccc2c(c1)OCCO2. The molecular formula is C14H17NO3. The first-order valence-corrected chi connectivity index (χ1v) is 6.06. The lowest BCUT2D eigenvalue weighted by atomic mass is 10.1. The van der Waals surface area contributed by atoms with Crippen LogP contribution >= 0.6 is 0 Å². The van der Waals surface area contributed by atoms with Gasteiger partial charge in [0.15, 0.2) is 11.5 Å². The number of carbonyl (C=O) groups excluding carboxylic acids is 1. The van der Waals surface area contributed by atoms with Crippen LogP contribution in [-0.4, -0.2) is 25.7 Å². The molecule has 0 bridgehead atoms. The van der Waals surface area contributed by atoms with Crippen LogP contribution in [0.25, 0.3) is 6.08 Å².